The average molecular weight is 623 g/mol. The number of carboxylic acid groups (broad SMARTS) is 1. The first kappa shape index (κ1) is 30.0. The van der Waals surface area contributed by atoms with E-state index in [9.17, 15) is 41.0 Å². The number of carboxylic acids is 1. The summed E-state index contributed by atoms with van der Waals surface area (Å²) in [6, 6.07) is 20.5. The zero-order chi connectivity index (χ0) is 32.1. The minimum absolute atomic E-state index is 0.0949. The smallest absolute Gasteiger partial charge is 0.416 e. The van der Waals surface area contributed by atoms with Gasteiger partial charge in [-0.05, 0) is 89.7 Å². The van der Waals surface area contributed by atoms with Gasteiger partial charge in [0.1, 0.15) is 0 Å². The first-order valence-electron chi connectivity index (χ1n) is 13.9. The second-order valence-electron chi connectivity index (χ2n) is 11.1. The number of halogens is 6. The molecule has 6 rings (SSSR count). The van der Waals surface area contributed by atoms with Gasteiger partial charge in [0.25, 0.3) is 5.91 Å². The van der Waals surface area contributed by atoms with Gasteiger partial charge in [-0.1, -0.05) is 36.4 Å². The number of benzene rings is 4. The maximum absolute atomic E-state index is 14.0. The molecule has 1 aliphatic carbocycles. The third kappa shape index (κ3) is 6.02. The number of hydrogen-bond acceptors (Lipinski definition) is 2. The number of hydrogen-bond donors (Lipinski definition) is 2. The van der Waals surface area contributed by atoms with Gasteiger partial charge < -0.3 is 15.0 Å². The van der Waals surface area contributed by atoms with Gasteiger partial charge in [0.15, 0.2) is 0 Å². The number of aromatic carboxylic acids is 1. The molecule has 2 N–H and O–H groups in total. The SMILES string of the molecule is O=C(O)c1ccc(C2(NC(=O)c3cc(-c4cccc(C(F)(F)F)c4)cc4ccn(Cc5ccc(C(F)(F)F)cc5)c34)CC2)cc1. The Morgan fingerprint density at radius 1 is 0.778 bits per heavy atom. The fraction of sp³-hybridized carbons (Fsp3) is 0.176. The van der Waals surface area contributed by atoms with E-state index in [0.717, 1.165) is 24.3 Å². The molecule has 1 heterocycles. The van der Waals surface area contributed by atoms with Gasteiger partial charge in [0, 0.05) is 18.1 Å². The molecule has 0 aliphatic heterocycles. The summed E-state index contributed by atoms with van der Waals surface area (Å²) >= 11 is 0. The molecule has 1 amide bonds. The van der Waals surface area contributed by atoms with Crippen LogP contribution >= 0.6 is 0 Å². The Labute approximate surface area is 252 Å². The van der Waals surface area contributed by atoms with Crippen LogP contribution in [-0.4, -0.2) is 21.6 Å². The molecule has 0 saturated heterocycles. The number of alkyl halides is 6. The molecule has 11 heteroatoms. The van der Waals surface area contributed by atoms with Crippen LogP contribution in [0.1, 0.15) is 55.8 Å². The standard InChI is InChI=1S/C34H24F6N2O3/c35-33(36,37)26-8-4-20(5-9-26)19-42-15-12-23-16-24(22-2-1-3-27(17-22)34(38,39)40)18-28(29(23)42)30(43)41-32(13-14-32)25-10-6-21(7-11-25)31(44)45/h1-12,15-18H,13-14,19H2,(H,41,43)(H,44,45). The van der Waals surface area contributed by atoms with Crippen molar-refractivity contribution in [3.63, 3.8) is 0 Å². The van der Waals surface area contributed by atoms with Gasteiger partial charge in [-0.25, -0.2) is 4.79 Å². The fourth-order valence-corrected chi connectivity index (χ4v) is 5.52. The number of amides is 1. The number of fused-ring (bicyclic) bond motifs is 1. The highest BCUT2D eigenvalue weighted by atomic mass is 19.4. The summed E-state index contributed by atoms with van der Waals surface area (Å²) in [4.78, 5) is 25.3. The van der Waals surface area contributed by atoms with E-state index < -0.39 is 40.9 Å². The number of carbonyl (C=O) groups excluding carboxylic acids is 1. The highest BCUT2D eigenvalue weighted by Crippen LogP contribution is 2.46. The normalized spacial score (nSPS) is 14.4. The van der Waals surface area contributed by atoms with Gasteiger partial charge in [-0.15, -0.1) is 0 Å². The number of rotatable bonds is 7. The van der Waals surface area contributed by atoms with Crippen LogP contribution in [0.15, 0.2) is 97.2 Å². The first-order chi connectivity index (χ1) is 21.2. The van der Waals surface area contributed by atoms with Crippen LogP contribution in [0.2, 0.25) is 0 Å². The topological polar surface area (TPSA) is 71.3 Å². The van der Waals surface area contributed by atoms with Gasteiger partial charge in [0.05, 0.1) is 33.3 Å². The van der Waals surface area contributed by atoms with E-state index in [2.05, 4.69) is 5.32 Å². The maximum atomic E-state index is 14.0. The molecular formula is C34H24F6N2O3. The van der Waals surface area contributed by atoms with Crippen molar-refractivity contribution in [3.05, 3.63) is 131 Å². The highest BCUT2D eigenvalue weighted by molar-refractivity contribution is 6.08. The molecule has 1 fully saturated rings. The molecule has 5 aromatic rings. The number of nitrogens with one attached hydrogen (secondary N) is 1. The maximum Gasteiger partial charge on any atom is 0.416 e. The zero-order valence-corrected chi connectivity index (χ0v) is 23.3. The van der Waals surface area contributed by atoms with E-state index in [1.807, 2.05) is 0 Å². The van der Waals surface area contributed by atoms with Crippen molar-refractivity contribution in [1.29, 1.82) is 0 Å². The summed E-state index contributed by atoms with van der Waals surface area (Å²) < 4.78 is 81.5. The summed E-state index contributed by atoms with van der Waals surface area (Å²) in [5, 5.41) is 12.9. The van der Waals surface area contributed by atoms with Crippen LogP contribution < -0.4 is 5.32 Å². The predicted octanol–water partition coefficient (Wildman–Crippen LogP) is 8.51. The Kier molecular flexibility index (Phi) is 7.22. The molecule has 5 nitrogen and oxygen atoms in total. The molecule has 0 unspecified atom stereocenters. The lowest BCUT2D eigenvalue weighted by molar-refractivity contribution is -0.138. The van der Waals surface area contributed by atoms with Crippen LogP contribution in [0, 0.1) is 0 Å². The average Bonchev–Trinajstić information content (AvgIpc) is 3.67. The van der Waals surface area contributed by atoms with Gasteiger partial charge in [-0.2, -0.15) is 26.3 Å². The van der Waals surface area contributed by atoms with E-state index in [1.165, 1.54) is 42.5 Å². The van der Waals surface area contributed by atoms with E-state index in [4.69, 9.17) is 0 Å². The first-order valence-corrected chi connectivity index (χ1v) is 13.9. The van der Waals surface area contributed by atoms with Crippen molar-refractivity contribution in [2.45, 2.75) is 37.3 Å². The molecule has 45 heavy (non-hydrogen) atoms. The zero-order valence-electron chi connectivity index (χ0n) is 23.3. The van der Waals surface area contributed by atoms with Crippen molar-refractivity contribution in [3.8, 4) is 11.1 Å². The summed E-state index contributed by atoms with van der Waals surface area (Å²) in [5.74, 6) is -1.58. The van der Waals surface area contributed by atoms with Crippen molar-refractivity contribution >= 4 is 22.8 Å². The minimum atomic E-state index is -4.57. The number of aromatic nitrogens is 1. The Bertz CT molecular complexity index is 1920. The quantitative estimate of drug-likeness (QED) is 0.179. The minimum Gasteiger partial charge on any atom is -0.478 e. The summed E-state index contributed by atoms with van der Waals surface area (Å²) in [6.45, 7) is 0.132. The molecule has 1 aromatic heterocycles. The van der Waals surface area contributed by atoms with Crippen molar-refractivity contribution in [2.24, 2.45) is 0 Å². The van der Waals surface area contributed by atoms with Crippen molar-refractivity contribution in [1.82, 2.24) is 9.88 Å². The largest absolute Gasteiger partial charge is 0.478 e. The van der Waals surface area contributed by atoms with Crippen LogP contribution in [0.4, 0.5) is 26.3 Å². The van der Waals surface area contributed by atoms with Crippen LogP contribution in [0.25, 0.3) is 22.0 Å². The number of carbonyl (C=O) groups is 2. The van der Waals surface area contributed by atoms with Crippen molar-refractivity contribution in [2.75, 3.05) is 0 Å². The highest BCUT2D eigenvalue weighted by Gasteiger charge is 2.46. The summed E-state index contributed by atoms with van der Waals surface area (Å²) in [5.41, 5.74) is 0.231. The second kappa shape index (κ2) is 10.8. The lowest BCUT2D eigenvalue weighted by Crippen LogP contribution is -2.35. The third-order valence-corrected chi connectivity index (χ3v) is 8.05. The van der Waals surface area contributed by atoms with Gasteiger partial charge in [-0.3, -0.25) is 4.79 Å². The molecule has 0 spiro atoms. The molecule has 4 aromatic carbocycles. The van der Waals surface area contributed by atoms with Crippen LogP contribution in [0.3, 0.4) is 0 Å². The van der Waals surface area contributed by atoms with E-state index >= 15 is 0 Å². The van der Waals surface area contributed by atoms with Crippen LogP contribution in [0.5, 0.6) is 0 Å². The second-order valence-corrected chi connectivity index (χ2v) is 11.1. The molecule has 0 radical (unpaired) electrons. The Morgan fingerprint density at radius 2 is 1.44 bits per heavy atom. The van der Waals surface area contributed by atoms with Gasteiger partial charge >= 0.3 is 18.3 Å². The monoisotopic (exact) mass is 622 g/mol. The fourth-order valence-electron chi connectivity index (χ4n) is 5.52. The lowest BCUT2D eigenvalue weighted by Gasteiger charge is -2.20. The van der Waals surface area contributed by atoms with Crippen molar-refractivity contribution < 1.29 is 41.0 Å². The van der Waals surface area contributed by atoms with E-state index in [1.54, 1.807) is 35.0 Å². The predicted molar refractivity (Wildman–Crippen MR) is 155 cm³/mol. The summed E-state index contributed by atoms with van der Waals surface area (Å²) in [7, 11) is 0. The molecule has 1 saturated carbocycles. The van der Waals surface area contributed by atoms with Crippen LogP contribution in [-0.2, 0) is 24.4 Å². The van der Waals surface area contributed by atoms with E-state index in [-0.39, 0.29) is 23.2 Å². The molecule has 0 bridgehead atoms. The third-order valence-electron chi connectivity index (χ3n) is 8.05. The Balaban J connectivity index is 1.41. The molecule has 0 atom stereocenters. The Hall–Kier alpha value is -5.06. The summed E-state index contributed by atoms with van der Waals surface area (Å²) in [6.07, 6.45) is -6.20. The van der Waals surface area contributed by atoms with E-state index in [0.29, 0.717) is 40.4 Å². The lowest BCUT2D eigenvalue weighted by atomic mass is 9.97. The molecule has 230 valence electrons. The Morgan fingerprint density at radius 3 is 2.04 bits per heavy atom. The van der Waals surface area contributed by atoms with Gasteiger partial charge in [0.2, 0.25) is 0 Å². The number of nitrogens with zero attached hydrogens (tertiary/aromatic N) is 1. The molecule has 1 aliphatic rings. The molecular weight excluding hydrogens is 598 g/mol.